The third-order valence-corrected chi connectivity index (χ3v) is 2.08. The fourth-order valence-corrected chi connectivity index (χ4v) is 1.22. The van der Waals surface area contributed by atoms with Crippen molar-refractivity contribution in [3.05, 3.63) is 35.7 Å². The standard InChI is InChI=1S/C10H10N2.C2H6/c1-7-5-9-10(6-8(7)2)12-4-3-11-9;1-2/h3-6H,1-2H3;1-2H3. The molecule has 2 rings (SSSR count). The molecular formula is C12H16N2. The molecule has 0 bridgehead atoms. The van der Waals surface area contributed by atoms with Crippen LogP contribution in [0.25, 0.3) is 11.0 Å². The molecule has 14 heavy (non-hydrogen) atoms. The highest BCUT2D eigenvalue weighted by Crippen LogP contribution is 2.14. The lowest BCUT2D eigenvalue weighted by molar-refractivity contribution is 1.26. The van der Waals surface area contributed by atoms with Crippen LogP contribution in [0.4, 0.5) is 0 Å². The van der Waals surface area contributed by atoms with Crippen molar-refractivity contribution in [1.29, 1.82) is 0 Å². The van der Waals surface area contributed by atoms with Crippen molar-refractivity contribution < 1.29 is 0 Å². The van der Waals surface area contributed by atoms with E-state index in [0.717, 1.165) is 11.0 Å². The lowest BCUT2D eigenvalue weighted by Crippen LogP contribution is -1.86. The Morgan fingerprint density at radius 3 is 1.50 bits per heavy atom. The molecule has 0 radical (unpaired) electrons. The minimum atomic E-state index is 0.973. The number of aryl methyl sites for hydroxylation is 2. The highest BCUT2D eigenvalue weighted by Gasteiger charge is 1.97. The molecule has 0 aliphatic rings. The van der Waals surface area contributed by atoms with Crippen molar-refractivity contribution in [3.63, 3.8) is 0 Å². The zero-order valence-electron chi connectivity index (χ0n) is 9.20. The molecule has 0 aliphatic heterocycles. The molecule has 0 unspecified atom stereocenters. The van der Waals surface area contributed by atoms with E-state index < -0.39 is 0 Å². The number of benzene rings is 1. The van der Waals surface area contributed by atoms with Crippen LogP contribution in [-0.2, 0) is 0 Å². The maximum absolute atomic E-state index is 4.22. The summed E-state index contributed by atoms with van der Waals surface area (Å²) in [4.78, 5) is 8.44. The highest BCUT2D eigenvalue weighted by atomic mass is 14.8. The average Bonchev–Trinajstić information content (AvgIpc) is 2.23. The highest BCUT2D eigenvalue weighted by molar-refractivity contribution is 5.75. The summed E-state index contributed by atoms with van der Waals surface area (Å²) >= 11 is 0. The van der Waals surface area contributed by atoms with Gasteiger partial charge in [0.05, 0.1) is 11.0 Å². The summed E-state index contributed by atoms with van der Waals surface area (Å²) in [6.45, 7) is 8.17. The normalized spacial score (nSPS) is 9.43. The molecule has 74 valence electrons. The van der Waals surface area contributed by atoms with Crippen molar-refractivity contribution in [1.82, 2.24) is 9.97 Å². The smallest absolute Gasteiger partial charge is 0.0889 e. The summed E-state index contributed by atoms with van der Waals surface area (Å²) < 4.78 is 0. The van der Waals surface area contributed by atoms with Gasteiger partial charge >= 0.3 is 0 Å². The summed E-state index contributed by atoms with van der Waals surface area (Å²) in [5.74, 6) is 0. The van der Waals surface area contributed by atoms with Gasteiger partial charge in [-0.1, -0.05) is 13.8 Å². The Kier molecular flexibility index (Phi) is 3.57. The van der Waals surface area contributed by atoms with Crippen LogP contribution in [0.15, 0.2) is 24.5 Å². The zero-order chi connectivity index (χ0) is 10.6. The van der Waals surface area contributed by atoms with Gasteiger partial charge in [-0.3, -0.25) is 9.97 Å². The van der Waals surface area contributed by atoms with Crippen LogP contribution in [-0.4, -0.2) is 9.97 Å². The van der Waals surface area contributed by atoms with Gasteiger partial charge < -0.3 is 0 Å². The van der Waals surface area contributed by atoms with Crippen LogP contribution in [0.2, 0.25) is 0 Å². The zero-order valence-corrected chi connectivity index (χ0v) is 9.20. The maximum Gasteiger partial charge on any atom is 0.0889 e. The van der Waals surface area contributed by atoms with Gasteiger partial charge in [0, 0.05) is 12.4 Å². The second-order valence-electron chi connectivity index (χ2n) is 2.98. The molecule has 0 saturated heterocycles. The van der Waals surface area contributed by atoms with Gasteiger partial charge in [-0.2, -0.15) is 0 Å². The van der Waals surface area contributed by atoms with Gasteiger partial charge in [0.1, 0.15) is 0 Å². The fraction of sp³-hybridized carbons (Fsp3) is 0.333. The lowest BCUT2D eigenvalue weighted by atomic mass is 10.1. The predicted molar refractivity (Wildman–Crippen MR) is 60.4 cm³/mol. The summed E-state index contributed by atoms with van der Waals surface area (Å²) in [6, 6.07) is 4.13. The van der Waals surface area contributed by atoms with Gasteiger partial charge in [-0.25, -0.2) is 0 Å². The monoisotopic (exact) mass is 188 g/mol. The number of rotatable bonds is 0. The Bertz CT molecular complexity index is 381. The second kappa shape index (κ2) is 4.70. The van der Waals surface area contributed by atoms with E-state index in [2.05, 4.69) is 35.9 Å². The van der Waals surface area contributed by atoms with E-state index in [4.69, 9.17) is 0 Å². The van der Waals surface area contributed by atoms with Crippen molar-refractivity contribution in [2.45, 2.75) is 27.7 Å². The van der Waals surface area contributed by atoms with E-state index >= 15 is 0 Å². The number of hydrogen-bond acceptors (Lipinski definition) is 2. The van der Waals surface area contributed by atoms with E-state index in [-0.39, 0.29) is 0 Å². The molecule has 0 aliphatic carbocycles. The molecule has 2 nitrogen and oxygen atoms in total. The Morgan fingerprint density at radius 2 is 1.14 bits per heavy atom. The van der Waals surface area contributed by atoms with E-state index in [1.807, 2.05) is 13.8 Å². The molecule has 0 atom stereocenters. The van der Waals surface area contributed by atoms with Gasteiger partial charge in [0.2, 0.25) is 0 Å². The third-order valence-electron chi connectivity index (χ3n) is 2.08. The number of hydrogen-bond donors (Lipinski definition) is 0. The van der Waals surface area contributed by atoms with E-state index in [1.165, 1.54) is 11.1 Å². The van der Waals surface area contributed by atoms with E-state index in [0.29, 0.717) is 0 Å². The minimum absolute atomic E-state index is 0.973. The number of fused-ring (bicyclic) bond motifs is 1. The van der Waals surface area contributed by atoms with Crippen LogP contribution in [0.1, 0.15) is 25.0 Å². The quantitative estimate of drug-likeness (QED) is 0.634. The third kappa shape index (κ3) is 2.08. The molecule has 1 aromatic heterocycles. The number of aromatic nitrogens is 2. The topological polar surface area (TPSA) is 25.8 Å². The fourth-order valence-electron chi connectivity index (χ4n) is 1.22. The van der Waals surface area contributed by atoms with Crippen LogP contribution in [0.5, 0.6) is 0 Å². The Labute approximate surface area is 85.0 Å². The van der Waals surface area contributed by atoms with E-state index in [1.54, 1.807) is 12.4 Å². The van der Waals surface area contributed by atoms with Crippen molar-refractivity contribution >= 4 is 11.0 Å². The van der Waals surface area contributed by atoms with Gasteiger partial charge in [-0.15, -0.1) is 0 Å². The summed E-state index contributed by atoms with van der Waals surface area (Å²) in [6.07, 6.45) is 3.44. The van der Waals surface area contributed by atoms with Gasteiger partial charge in [0.25, 0.3) is 0 Å². The molecule has 0 saturated carbocycles. The number of nitrogens with zero attached hydrogens (tertiary/aromatic N) is 2. The molecule has 2 aromatic rings. The first kappa shape index (κ1) is 10.6. The summed E-state index contributed by atoms with van der Waals surface area (Å²) in [7, 11) is 0. The molecule has 1 aromatic carbocycles. The molecule has 2 heteroatoms. The summed E-state index contributed by atoms with van der Waals surface area (Å²) in [5.41, 5.74) is 4.48. The van der Waals surface area contributed by atoms with Gasteiger partial charge in [0.15, 0.2) is 0 Å². The van der Waals surface area contributed by atoms with Crippen molar-refractivity contribution in [2.24, 2.45) is 0 Å². The Morgan fingerprint density at radius 1 is 0.786 bits per heavy atom. The molecular weight excluding hydrogens is 172 g/mol. The summed E-state index contributed by atoms with van der Waals surface area (Å²) in [5, 5.41) is 0. The van der Waals surface area contributed by atoms with Crippen LogP contribution in [0, 0.1) is 13.8 Å². The first-order valence-corrected chi connectivity index (χ1v) is 4.95. The molecule has 0 fully saturated rings. The Balaban J connectivity index is 0.000000461. The largest absolute Gasteiger partial charge is 0.253 e. The Hall–Kier alpha value is -1.44. The van der Waals surface area contributed by atoms with Crippen LogP contribution in [0.3, 0.4) is 0 Å². The van der Waals surface area contributed by atoms with Crippen LogP contribution >= 0.6 is 0 Å². The SMILES string of the molecule is CC.Cc1cc2nccnc2cc1C. The van der Waals surface area contributed by atoms with Crippen molar-refractivity contribution in [2.75, 3.05) is 0 Å². The van der Waals surface area contributed by atoms with Crippen molar-refractivity contribution in [3.8, 4) is 0 Å². The van der Waals surface area contributed by atoms with Crippen LogP contribution < -0.4 is 0 Å². The molecule has 1 heterocycles. The second-order valence-corrected chi connectivity index (χ2v) is 2.98. The molecule has 0 amide bonds. The maximum atomic E-state index is 4.22. The predicted octanol–water partition coefficient (Wildman–Crippen LogP) is 3.27. The van der Waals surface area contributed by atoms with E-state index in [9.17, 15) is 0 Å². The molecule has 0 N–H and O–H groups in total. The lowest BCUT2D eigenvalue weighted by Gasteiger charge is -2.00. The van der Waals surface area contributed by atoms with Gasteiger partial charge in [-0.05, 0) is 37.1 Å². The average molecular weight is 188 g/mol. The first-order valence-electron chi connectivity index (χ1n) is 4.95. The molecule has 0 spiro atoms. The minimum Gasteiger partial charge on any atom is -0.253 e. The first-order chi connectivity index (χ1) is 6.77.